The molecule has 0 fully saturated rings. The summed E-state index contributed by atoms with van der Waals surface area (Å²) in [5, 5.41) is 6.89. The molecular weight excluding hydrogens is 356 g/mol. The molecule has 0 saturated heterocycles. The second-order valence-corrected chi connectivity index (χ2v) is 6.09. The van der Waals surface area contributed by atoms with E-state index in [2.05, 4.69) is 15.5 Å². The summed E-state index contributed by atoms with van der Waals surface area (Å²) in [5.74, 6) is 1.44. The first-order valence-electron chi connectivity index (χ1n) is 8.71. The molecule has 0 atom stereocenters. The van der Waals surface area contributed by atoms with Gasteiger partial charge in [0.15, 0.2) is 0 Å². The minimum atomic E-state index is -0.162. The molecule has 7 nitrogen and oxygen atoms in total. The maximum Gasteiger partial charge on any atom is 0.274 e. The van der Waals surface area contributed by atoms with E-state index in [4.69, 9.17) is 9.26 Å². The zero-order valence-electron chi connectivity index (χ0n) is 15.2. The first-order valence-corrected chi connectivity index (χ1v) is 8.71. The van der Waals surface area contributed by atoms with Crippen molar-refractivity contribution in [3.63, 3.8) is 0 Å². The maximum absolute atomic E-state index is 12.4. The minimum absolute atomic E-state index is 0.122. The van der Waals surface area contributed by atoms with E-state index in [1.54, 1.807) is 42.1 Å². The third-order valence-corrected chi connectivity index (χ3v) is 4.19. The van der Waals surface area contributed by atoms with E-state index in [1.165, 1.54) is 0 Å². The highest BCUT2D eigenvalue weighted by Gasteiger charge is 2.15. The van der Waals surface area contributed by atoms with Gasteiger partial charge in [0.1, 0.15) is 18.0 Å². The summed E-state index contributed by atoms with van der Waals surface area (Å²) in [4.78, 5) is 16.9. The molecule has 1 amide bonds. The highest BCUT2D eigenvalue weighted by molar-refractivity contribution is 5.90. The highest BCUT2D eigenvalue weighted by atomic mass is 16.5. The first-order chi connectivity index (χ1) is 13.7. The zero-order chi connectivity index (χ0) is 19.3. The van der Waals surface area contributed by atoms with E-state index < -0.39 is 0 Å². The Balaban J connectivity index is 1.48. The Morgan fingerprint density at radius 1 is 1.07 bits per heavy atom. The summed E-state index contributed by atoms with van der Waals surface area (Å²) in [7, 11) is 1.60. The average molecular weight is 374 g/mol. The van der Waals surface area contributed by atoms with Crippen molar-refractivity contribution < 1.29 is 14.1 Å². The van der Waals surface area contributed by atoms with Gasteiger partial charge < -0.3 is 19.1 Å². The zero-order valence-corrected chi connectivity index (χ0v) is 15.2. The molecule has 4 aromatic rings. The summed E-state index contributed by atoms with van der Waals surface area (Å²) >= 11 is 0. The molecule has 0 saturated carbocycles. The number of aromatic nitrogens is 3. The Morgan fingerprint density at radius 2 is 1.86 bits per heavy atom. The number of nitrogens with one attached hydrogen (secondary N) is 1. The lowest BCUT2D eigenvalue weighted by atomic mass is 10.2. The minimum Gasteiger partial charge on any atom is -0.497 e. The Labute approximate surface area is 161 Å². The van der Waals surface area contributed by atoms with Gasteiger partial charge in [-0.05, 0) is 36.4 Å². The van der Waals surface area contributed by atoms with Crippen LogP contribution in [0.15, 0.2) is 77.4 Å². The third kappa shape index (κ3) is 3.78. The van der Waals surface area contributed by atoms with Crippen LogP contribution in [0.4, 0.5) is 5.69 Å². The van der Waals surface area contributed by atoms with E-state index in [1.807, 2.05) is 42.5 Å². The number of carbonyl (C=O) groups is 1. The van der Waals surface area contributed by atoms with Gasteiger partial charge in [-0.3, -0.25) is 4.79 Å². The van der Waals surface area contributed by atoms with Gasteiger partial charge in [-0.2, -0.15) is 4.98 Å². The summed E-state index contributed by atoms with van der Waals surface area (Å²) in [6.45, 7) is 0.122. The molecule has 2 heterocycles. The van der Waals surface area contributed by atoms with Crippen LogP contribution in [0.5, 0.6) is 5.75 Å². The van der Waals surface area contributed by atoms with Crippen molar-refractivity contribution in [3.8, 4) is 28.7 Å². The monoisotopic (exact) mass is 374 g/mol. The molecule has 140 valence electrons. The lowest BCUT2D eigenvalue weighted by Crippen LogP contribution is -2.18. The van der Waals surface area contributed by atoms with E-state index in [-0.39, 0.29) is 12.5 Å². The van der Waals surface area contributed by atoms with Crippen molar-refractivity contribution in [2.45, 2.75) is 6.54 Å². The average Bonchev–Trinajstić information content (AvgIpc) is 3.38. The molecular formula is C21H18N4O3. The van der Waals surface area contributed by atoms with Gasteiger partial charge in [-0.1, -0.05) is 35.5 Å². The summed E-state index contributed by atoms with van der Waals surface area (Å²) in [6.07, 6.45) is 1.80. The molecule has 0 radical (unpaired) electrons. The normalized spacial score (nSPS) is 10.6. The van der Waals surface area contributed by atoms with Gasteiger partial charge in [0.05, 0.1) is 7.11 Å². The van der Waals surface area contributed by atoms with Gasteiger partial charge in [0.2, 0.25) is 11.7 Å². The Kier molecular flexibility index (Phi) is 4.88. The van der Waals surface area contributed by atoms with Crippen molar-refractivity contribution in [1.29, 1.82) is 0 Å². The molecule has 0 aliphatic rings. The van der Waals surface area contributed by atoms with Crippen molar-refractivity contribution in [2.75, 3.05) is 12.4 Å². The smallest absolute Gasteiger partial charge is 0.274 e. The van der Waals surface area contributed by atoms with Crippen LogP contribution < -0.4 is 10.1 Å². The molecule has 0 bridgehead atoms. The fourth-order valence-electron chi connectivity index (χ4n) is 2.81. The van der Waals surface area contributed by atoms with Crippen LogP contribution >= 0.6 is 0 Å². The second kappa shape index (κ2) is 7.79. The van der Waals surface area contributed by atoms with Crippen LogP contribution in [0.1, 0.15) is 0 Å². The Hall–Kier alpha value is -3.87. The van der Waals surface area contributed by atoms with Gasteiger partial charge in [-0.25, -0.2) is 0 Å². The molecule has 7 heteroatoms. The third-order valence-electron chi connectivity index (χ3n) is 4.19. The van der Waals surface area contributed by atoms with Crippen LogP contribution in [0, 0.1) is 0 Å². The standard InChI is InChI=1S/C21H18N4O3/c1-27-17-11-9-16(10-12-17)22-19(26)14-25-13-5-8-18(25)21-23-20(24-28-21)15-6-3-2-4-7-15/h2-13H,14H2,1H3,(H,22,26). The first kappa shape index (κ1) is 17.5. The number of ether oxygens (including phenoxy) is 1. The lowest BCUT2D eigenvalue weighted by molar-refractivity contribution is -0.116. The molecule has 0 spiro atoms. The SMILES string of the molecule is COc1ccc(NC(=O)Cn2cccc2-c2nc(-c3ccccc3)no2)cc1. The van der Waals surface area contributed by atoms with E-state index in [9.17, 15) is 4.79 Å². The predicted octanol–water partition coefficient (Wildman–Crippen LogP) is 3.85. The molecule has 1 N–H and O–H groups in total. The molecule has 2 aromatic carbocycles. The topological polar surface area (TPSA) is 82.2 Å². The number of methoxy groups -OCH3 is 1. The highest BCUT2D eigenvalue weighted by Crippen LogP contribution is 2.23. The van der Waals surface area contributed by atoms with Gasteiger partial charge in [0, 0.05) is 17.4 Å². The summed E-state index contributed by atoms with van der Waals surface area (Å²) in [6, 6.07) is 20.4. The molecule has 4 rings (SSSR count). The van der Waals surface area contributed by atoms with Crippen LogP contribution in [-0.4, -0.2) is 27.7 Å². The number of amides is 1. The van der Waals surface area contributed by atoms with E-state index in [0.717, 1.165) is 11.3 Å². The Bertz CT molecular complexity index is 1070. The van der Waals surface area contributed by atoms with Gasteiger partial charge >= 0.3 is 0 Å². The van der Waals surface area contributed by atoms with E-state index >= 15 is 0 Å². The maximum atomic E-state index is 12.4. The number of anilines is 1. The van der Waals surface area contributed by atoms with Gasteiger partial charge in [0.25, 0.3) is 5.89 Å². The molecule has 0 aliphatic heterocycles. The predicted molar refractivity (Wildman–Crippen MR) is 105 cm³/mol. The largest absolute Gasteiger partial charge is 0.497 e. The van der Waals surface area contributed by atoms with Crippen LogP contribution in [0.25, 0.3) is 23.0 Å². The quantitative estimate of drug-likeness (QED) is 0.554. The molecule has 28 heavy (non-hydrogen) atoms. The summed E-state index contributed by atoms with van der Waals surface area (Å²) in [5.41, 5.74) is 2.25. The van der Waals surface area contributed by atoms with Crippen LogP contribution in [-0.2, 0) is 11.3 Å². The van der Waals surface area contributed by atoms with E-state index in [0.29, 0.717) is 23.1 Å². The molecule has 0 unspecified atom stereocenters. The van der Waals surface area contributed by atoms with Gasteiger partial charge in [-0.15, -0.1) is 0 Å². The van der Waals surface area contributed by atoms with Crippen molar-refractivity contribution in [1.82, 2.24) is 14.7 Å². The van der Waals surface area contributed by atoms with Crippen LogP contribution in [0.3, 0.4) is 0 Å². The number of carbonyl (C=O) groups excluding carboxylic acids is 1. The fourth-order valence-corrected chi connectivity index (χ4v) is 2.81. The van der Waals surface area contributed by atoms with Crippen molar-refractivity contribution in [3.05, 3.63) is 72.9 Å². The lowest BCUT2D eigenvalue weighted by Gasteiger charge is -2.08. The number of hydrogen-bond donors (Lipinski definition) is 1. The van der Waals surface area contributed by atoms with Crippen molar-refractivity contribution >= 4 is 11.6 Å². The number of hydrogen-bond acceptors (Lipinski definition) is 5. The number of benzene rings is 2. The number of rotatable bonds is 6. The molecule has 0 aliphatic carbocycles. The summed E-state index contributed by atoms with van der Waals surface area (Å²) < 4.78 is 12.3. The molecule has 2 aromatic heterocycles. The van der Waals surface area contributed by atoms with Crippen LogP contribution in [0.2, 0.25) is 0 Å². The van der Waals surface area contributed by atoms with Crippen molar-refractivity contribution in [2.24, 2.45) is 0 Å². The fraction of sp³-hybridized carbons (Fsp3) is 0.0952. The Morgan fingerprint density at radius 3 is 2.61 bits per heavy atom. The number of nitrogens with zero attached hydrogens (tertiary/aromatic N) is 3. The second-order valence-electron chi connectivity index (χ2n) is 6.09.